The molecule has 1 heterocycles. The first-order valence-corrected chi connectivity index (χ1v) is 6.66. The number of nitrogens with zero attached hydrogens (tertiary/aromatic N) is 1. The van der Waals surface area contributed by atoms with Gasteiger partial charge >= 0.3 is 0 Å². The molecule has 2 nitrogen and oxygen atoms in total. The number of alkyl halides is 1. The Hall–Kier alpha value is 0.300. The molecule has 1 rings (SSSR count). The summed E-state index contributed by atoms with van der Waals surface area (Å²) in [4.78, 5) is 13.8. The van der Waals surface area contributed by atoms with Crippen molar-refractivity contribution in [1.29, 1.82) is 0 Å². The summed E-state index contributed by atoms with van der Waals surface area (Å²) in [6.45, 7) is 2.87. The van der Waals surface area contributed by atoms with Crippen molar-refractivity contribution in [2.24, 2.45) is 0 Å². The van der Waals surface area contributed by atoms with Crippen molar-refractivity contribution >= 4 is 33.6 Å². The maximum atomic E-state index is 11.9. The molecule has 0 N–H and O–H groups in total. The lowest BCUT2D eigenvalue weighted by atomic mass is 10.0. The number of carbonyl (C=O) groups is 1. The zero-order valence-corrected chi connectivity index (χ0v) is 10.6. The first kappa shape index (κ1) is 11.4. The smallest absolute Gasteiger partial charge is 0.238 e. The Kier molecular flexibility index (Phi) is 4.10. The van der Waals surface area contributed by atoms with Gasteiger partial charge in [0.2, 0.25) is 5.91 Å². The van der Waals surface area contributed by atoms with E-state index in [0.29, 0.717) is 0 Å². The van der Waals surface area contributed by atoms with Gasteiger partial charge in [-0.25, -0.2) is 0 Å². The lowest BCUT2D eigenvalue weighted by Crippen LogP contribution is -2.42. The third kappa shape index (κ3) is 2.62. The number of amides is 1. The van der Waals surface area contributed by atoms with Gasteiger partial charge in [0.25, 0.3) is 0 Å². The molecule has 0 aromatic heterocycles. The Morgan fingerprint density at radius 2 is 2.38 bits per heavy atom. The molecule has 1 aliphatic heterocycles. The Balaban J connectivity index is 2.54. The minimum Gasteiger partial charge on any atom is -0.344 e. The van der Waals surface area contributed by atoms with Gasteiger partial charge in [0, 0.05) is 18.9 Å². The SMILES string of the molecule is CN(CCBr)C(=O)C1(C)CCCS1. The number of halogens is 1. The maximum Gasteiger partial charge on any atom is 0.238 e. The molecule has 1 unspecified atom stereocenters. The van der Waals surface area contributed by atoms with E-state index in [1.165, 1.54) is 6.42 Å². The molecule has 1 fully saturated rings. The lowest BCUT2D eigenvalue weighted by Gasteiger charge is -2.27. The van der Waals surface area contributed by atoms with Crippen LogP contribution in [-0.2, 0) is 4.79 Å². The minimum absolute atomic E-state index is 0.142. The van der Waals surface area contributed by atoms with E-state index in [9.17, 15) is 4.79 Å². The molecule has 4 heteroatoms. The van der Waals surface area contributed by atoms with Crippen LogP contribution in [0.4, 0.5) is 0 Å². The lowest BCUT2D eigenvalue weighted by molar-refractivity contribution is -0.131. The fourth-order valence-electron chi connectivity index (χ4n) is 1.58. The van der Waals surface area contributed by atoms with Gasteiger partial charge in [-0.3, -0.25) is 4.79 Å². The molecule has 1 aliphatic rings. The van der Waals surface area contributed by atoms with Gasteiger partial charge in [-0.2, -0.15) is 0 Å². The average molecular weight is 266 g/mol. The molecule has 0 radical (unpaired) electrons. The molecule has 0 saturated carbocycles. The molecule has 0 aromatic carbocycles. The zero-order valence-electron chi connectivity index (χ0n) is 8.18. The van der Waals surface area contributed by atoms with Crippen molar-refractivity contribution in [2.75, 3.05) is 24.7 Å². The average Bonchev–Trinajstić information content (AvgIpc) is 2.52. The second-order valence-electron chi connectivity index (χ2n) is 3.60. The Morgan fingerprint density at radius 3 is 2.85 bits per heavy atom. The van der Waals surface area contributed by atoms with Crippen LogP contribution in [-0.4, -0.2) is 40.2 Å². The van der Waals surface area contributed by atoms with Crippen molar-refractivity contribution < 1.29 is 4.79 Å². The van der Waals surface area contributed by atoms with Gasteiger partial charge in [-0.1, -0.05) is 15.9 Å². The van der Waals surface area contributed by atoms with E-state index in [0.717, 1.165) is 24.0 Å². The summed E-state index contributed by atoms with van der Waals surface area (Å²) in [6.07, 6.45) is 2.21. The van der Waals surface area contributed by atoms with E-state index in [1.54, 1.807) is 11.8 Å². The standard InChI is InChI=1S/C9H16BrNOS/c1-9(4-3-7-13-9)8(12)11(2)6-5-10/h3-7H2,1-2H3. The number of hydrogen-bond donors (Lipinski definition) is 0. The monoisotopic (exact) mass is 265 g/mol. The van der Waals surface area contributed by atoms with Crippen LogP contribution < -0.4 is 0 Å². The quantitative estimate of drug-likeness (QED) is 0.729. The van der Waals surface area contributed by atoms with Gasteiger partial charge in [0.15, 0.2) is 0 Å². The molecule has 0 bridgehead atoms. The van der Waals surface area contributed by atoms with Crippen LogP contribution in [0.1, 0.15) is 19.8 Å². The number of hydrogen-bond acceptors (Lipinski definition) is 2. The van der Waals surface area contributed by atoms with Crippen LogP contribution in [0.5, 0.6) is 0 Å². The summed E-state index contributed by atoms with van der Waals surface area (Å²) in [5, 5.41) is 0.857. The number of rotatable bonds is 3. The van der Waals surface area contributed by atoms with E-state index in [2.05, 4.69) is 22.9 Å². The molecule has 0 spiro atoms. The van der Waals surface area contributed by atoms with Gasteiger partial charge in [0.1, 0.15) is 0 Å². The van der Waals surface area contributed by atoms with E-state index in [1.807, 2.05) is 11.9 Å². The molecule has 1 saturated heterocycles. The van der Waals surface area contributed by atoms with Crippen molar-refractivity contribution in [1.82, 2.24) is 4.90 Å². The highest BCUT2D eigenvalue weighted by molar-refractivity contribution is 9.09. The fourth-order valence-corrected chi connectivity index (χ4v) is 3.42. The van der Waals surface area contributed by atoms with E-state index >= 15 is 0 Å². The first-order valence-electron chi connectivity index (χ1n) is 4.55. The fraction of sp³-hybridized carbons (Fsp3) is 0.889. The summed E-state index contributed by atoms with van der Waals surface area (Å²) in [5.41, 5.74) is 0. The highest BCUT2D eigenvalue weighted by atomic mass is 79.9. The highest BCUT2D eigenvalue weighted by Crippen LogP contribution is 2.38. The summed E-state index contributed by atoms with van der Waals surface area (Å²) in [5.74, 6) is 1.42. The van der Waals surface area contributed by atoms with Crippen molar-refractivity contribution in [3.63, 3.8) is 0 Å². The normalized spacial score (nSPS) is 27.6. The van der Waals surface area contributed by atoms with Crippen molar-refractivity contribution in [2.45, 2.75) is 24.5 Å². The van der Waals surface area contributed by atoms with Crippen LogP contribution in [0.3, 0.4) is 0 Å². The molecular weight excluding hydrogens is 250 g/mol. The third-order valence-electron chi connectivity index (χ3n) is 2.44. The molecule has 0 aliphatic carbocycles. The Bertz CT molecular complexity index is 192. The van der Waals surface area contributed by atoms with Crippen LogP contribution in [0.25, 0.3) is 0 Å². The van der Waals surface area contributed by atoms with E-state index < -0.39 is 0 Å². The van der Waals surface area contributed by atoms with Gasteiger partial charge in [-0.15, -0.1) is 11.8 Å². The van der Waals surface area contributed by atoms with Crippen LogP contribution >= 0.6 is 27.7 Å². The number of carbonyl (C=O) groups excluding carboxylic acids is 1. The molecule has 13 heavy (non-hydrogen) atoms. The minimum atomic E-state index is -0.142. The predicted octanol–water partition coefficient (Wildman–Crippen LogP) is 2.13. The van der Waals surface area contributed by atoms with Crippen molar-refractivity contribution in [3.8, 4) is 0 Å². The van der Waals surface area contributed by atoms with Gasteiger partial charge in [0.05, 0.1) is 4.75 Å². The number of thioether (sulfide) groups is 1. The van der Waals surface area contributed by atoms with E-state index in [4.69, 9.17) is 0 Å². The van der Waals surface area contributed by atoms with E-state index in [-0.39, 0.29) is 10.7 Å². The second kappa shape index (κ2) is 4.69. The summed E-state index contributed by atoms with van der Waals surface area (Å²) >= 11 is 5.14. The summed E-state index contributed by atoms with van der Waals surface area (Å²) < 4.78 is -0.142. The van der Waals surface area contributed by atoms with Crippen LogP contribution in [0.15, 0.2) is 0 Å². The molecular formula is C9H16BrNOS. The highest BCUT2D eigenvalue weighted by Gasteiger charge is 2.38. The van der Waals surface area contributed by atoms with Gasteiger partial charge in [-0.05, 0) is 25.5 Å². The van der Waals surface area contributed by atoms with Gasteiger partial charge < -0.3 is 4.90 Å². The molecule has 1 atom stereocenters. The Morgan fingerprint density at radius 1 is 1.69 bits per heavy atom. The first-order chi connectivity index (χ1) is 6.10. The van der Waals surface area contributed by atoms with Crippen molar-refractivity contribution in [3.05, 3.63) is 0 Å². The predicted molar refractivity (Wildman–Crippen MR) is 61.5 cm³/mol. The summed E-state index contributed by atoms with van der Waals surface area (Å²) in [7, 11) is 1.88. The topological polar surface area (TPSA) is 20.3 Å². The third-order valence-corrected chi connectivity index (χ3v) is 4.30. The maximum absolute atomic E-state index is 11.9. The van der Waals surface area contributed by atoms with Crippen LogP contribution in [0.2, 0.25) is 0 Å². The second-order valence-corrected chi connectivity index (χ2v) is 5.99. The zero-order chi connectivity index (χ0) is 9.90. The summed E-state index contributed by atoms with van der Waals surface area (Å²) in [6, 6.07) is 0. The molecule has 1 amide bonds. The molecule has 76 valence electrons. The molecule has 0 aromatic rings. The largest absolute Gasteiger partial charge is 0.344 e. The van der Waals surface area contributed by atoms with Crippen LogP contribution in [0, 0.1) is 0 Å². The Labute approximate surface area is 92.6 Å².